The van der Waals surface area contributed by atoms with Crippen molar-refractivity contribution in [2.75, 3.05) is 6.54 Å². The van der Waals surface area contributed by atoms with Crippen molar-refractivity contribution in [2.45, 2.75) is 5.97 Å². The maximum Gasteiger partial charge on any atom is 0.288 e. The van der Waals surface area contributed by atoms with Gasteiger partial charge >= 0.3 is 0 Å². The molecule has 0 atom stereocenters. The summed E-state index contributed by atoms with van der Waals surface area (Å²) >= 11 is 0. The second-order valence-corrected chi connectivity index (χ2v) is 0.978. The summed E-state index contributed by atoms with van der Waals surface area (Å²) in [6, 6.07) is 0. The Morgan fingerprint density at radius 3 is 1.43 bits per heavy atom. The molecule has 5 heteroatoms. The largest absolute Gasteiger partial charge is 0.343 e. The minimum atomic E-state index is -2.68. The number of halogens is 1. The third-order valence-electron chi connectivity index (χ3n) is 0.274. The van der Waals surface area contributed by atoms with E-state index in [9.17, 15) is 0 Å². The molecule has 0 aliphatic carbocycles. The fourth-order valence-corrected chi connectivity index (χ4v) is 0. The number of rotatable bonds is 1. The molecule has 7 heavy (non-hydrogen) atoms. The van der Waals surface area contributed by atoms with Gasteiger partial charge in [-0.15, -0.1) is 12.4 Å². The van der Waals surface area contributed by atoms with Crippen molar-refractivity contribution in [3.05, 3.63) is 0 Å². The molecule has 0 aromatic carbocycles. The fraction of sp³-hybridized carbons (Fsp3) is 1.00. The smallest absolute Gasteiger partial charge is 0.288 e. The number of hydrogen-bond donors (Lipinski definition) is 4. The van der Waals surface area contributed by atoms with Gasteiger partial charge < -0.3 is 21.1 Å². The Morgan fingerprint density at radius 2 is 1.43 bits per heavy atom. The van der Waals surface area contributed by atoms with Crippen molar-refractivity contribution in [3.63, 3.8) is 0 Å². The van der Waals surface area contributed by atoms with Crippen LogP contribution >= 0.6 is 12.4 Å². The van der Waals surface area contributed by atoms with Crippen LogP contribution in [-0.2, 0) is 0 Å². The lowest BCUT2D eigenvalue weighted by molar-refractivity contribution is -0.302. The van der Waals surface area contributed by atoms with Gasteiger partial charge in [0.15, 0.2) is 0 Å². The highest BCUT2D eigenvalue weighted by Gasteiger charge is 2.12. The minimum Gasteiger partial charge on any atom is -0.343 e. The van der Waals surface area contributed by atoms with E-state index < -0.39 is 12.5 Å². The predicted octanol–water partition coefficient (Wildman–Crippen LogP) is -2.00. The van der Waals surface area contributed by atoms with Crippen molar-refractivity contribution in [2.24, 2.45) is 5.73 Å². The van der Waals surface area contributed by atoms with E-state index in [4.69, 9.17) is 15.3 Å². The Hall–Kier alpha value is 0.130. The van der Waals surface area contributed by atoms with Crippen molar-refractivity contribution >= 4 is 12.4 Å². The molecule has 0 aromatic rings. The van der Waals surface area contributed by atoms with E-state index in [1.807, 2.05) is 0 Å². The van der Waals surface area contributed by atoms with E-state index >= 15 is 0 Å². The first-order valence-corrected chi connectivity index (χ1v) is 1.43. The third kappa shape index (κ3) is 10.7. The first kappa shape index (κ1) is 10.2. The highest BCUT2D eigenvalue weighted by atomic mass is 35.5. The molecule has 0 amide bonds. The maximum absolute atomic E-state index is 7.81. The zero-order valence-electron chi connectivity index (χ0n) is 3.53. The van der Waals surface area contributed by atoms with Gasteiger partial charge in [0.05, 0.1) is 6.54 Å². The second kappa shape index (κ2) is 3.17. The molecule has 0 bridgehead atoms. The lowest BCUT2D eigenvalue weighted by atomic mass is 10.6. The molecular formula is C2H8ClNO3. The minimum absolute atomic E-state index is 0. The predicted molar refractivity (Wildman–Crippen MR) is 25.7 cm³/mol. The summed E-state index contributed by atoms with van der Waals surface area (Å²) < 4.78 is 0. The van der Waals surface area contributed by atoms with E-state index in [-0.39, 0.29) is 12.4 Å². The van der Waals surface area contributed by atoms with Gasteiger partial charge in [-0.2, -0.15) is 0 Å². The summed E-state index contributed by atoms with van der Waals surface area (Å²) in [5, 5.41) is 23.4. The van der Waals surface area contributed by atoms with E-state index in [0.29, 0.717) is 0 Å². The first-order chi connectivity index (χ1) is 2.56. The van der Waals surface area contributed by atoms with Crippen molar-refractivity contribution in [1.82, 2.24) is 0 Å². The molecular weight excluding hydrogens is 121 g/mol. The molecule has 0 rings (SSSR count). The Morgan fingerprint density at radius 1 is 1.29 bits per heavy atom. The topological polar surface area (TPSA) is 86.7 Å². The molecule has 0 saturated heterocycles. The van der Waals surface area contributed by atoms with Gasteiger partial charge in [-0.1, -0.05) is 0 Å². The second-order valence-electron chi connectivity index (χ2n) is 0.978. The van der Waals surface area contributed by atoms with Crippen LogP contribution in [0.5, 0.6) is 0 Å². The van der Waals surface area contributed by atoms with Crippen molar-refractivity contribution < 1.29 is 15.3 Å². The van der Waals surface area contributed by atoms with E-state index in [1.54, 1.807) is 0 Å². The quantitative estimate of drug-likeness (QED) is 0.309. The van der Waals surface area contributed by atoms with Gasteiger partial charge in [-0.05, 0) is 0 Å². The van der Waals surface area contributed by atoms with Crippen molar-refractivity contribution in [3.8, 4) is 0 Å². The molecule has 0 radical (unpaired) electrons. The summed E-state index contributed by atoms with van der Waals surface area (Å²) in [5.74, 6) is -2.68. The molecule has 0 spiro atoms. The van der Waals surface area contributed by atoms with Crippen LogP contribution in [0.15, 0.2) is 0 Å². The Kier molecular flexibility index (Phi) is 4.62. The summed E-state index contributed by atoms with van der Waals surface area (Å²) in [7, 11) is 0. The van der Waals surface area contributed by atoms with Crippen LogP contribution in [0.4, 0.5) is 0 Å². The molecule has 5 N–H and O–H groups in total. The molecule has 0 fully saturated rings. The van der Waals surface area contributed by atoms with Gasteiger partial charge in [-0.3, -0.25) is 0 Å². The highest BCUT2D eigenvalue weighted by molar-refractivity contribution is 5.85. The molecule has 0 aliphatic heterocycles. The molecule has 0 aromatic heterocycles. The van der Waals surface area contributed by atoms with Crippen LogP contribution in [0.1, 0.15) is 0 Å². The highest BCUT2D eigenvalue weighted by Crippen LogP contribution is 1.82. The summed E-state index contributed by atoms with van der Waals surface area (Å²) in [5.41, 5.74) is 4.56. The normalized spacial score (nSPS) is 10.3. The molecule has 0 saturated carbocycles. The van der Waals surface area contributed by atoms with E-state index in [2.05, 4.69) is 5.73 Å². The van der Waals surface area contributed by atoms with Crippen molar-refractivity contribution in [1.29, 1.82) is 0 Å². The first-order valence-electron chi connectivity index (χ1n) is 1.43. The van der Waals surface area contributed by atoms with Gasteiger partial charge in [0.25, 0.3) is 5.97 Å². The monoisotopic (exact) mass is 129 g/mol. The number of aliphatic hydroxyl groups is 3. The van der Waals surface area contributed by atoms with Crippen LogP contribution < -0.4 is 5.73 Å². The maximum atomic E-state index is 7.81. The number of hydrogen-bond acceptors (Lipinski definition) is 4. The summed E-state index contributed by atoms with van der Waals surface area (Å²) in [6.07, 6.45) is 0. The summed E-state index contributed by atoms with van der Waals surface area (Å²) in [4.78, 5) is 0. The van der Waals surface area contributed by atoms with Gasteiger partial charge in [0.1, 0.15) is 0 Å². The third-order valence-corrected chi connectivity index (χ3v) is 0.274. The molecule has 0 heterocycles. The van der Waals surface area contributed by atoms with Crippen LogP contribution in [0.2, 0.25) is 0 Å². The Balaban J connectivity index is 0. The van der Waals surface area contributed by atoms with Crippen LogP contribution in [-0.4, -0.2) is 27.8 Å². The van der Waals surface area contributed by atoms with Crippen LogP contribution in [0.25, 0.3) is 0 Å². The zero-order valence-corrected chi connectivity index (χ0v) is 4.35. The summed E-state index contributed by atoms with van der Waals surface area (Å²) in [6.45, 7) is -0.562. The Labute approximate surface area is 47.0 Å². The molecule has 0 unspecified atom stereocenters. The van der Waals surface area contributed by atoms with Gasteiger partial charge in [-0.25, -0.2) is 0 Å². The SMILES string of the molecule is Cl.NCC(O)(O)O. The van der Waals surface area contributed by atoms with Crippen LogP contribution in [0, 0.1) is 0 Å². The average molecular weight is 130 g/mol. The lowest BCUT2D eigenvalue weighted by Gasteiger charge is -2.07. The fourth-order valence-electron chi connectivity index (χ4n) is 0. The molecule has 0 aliphatic rings. The standard InChI is InChI=1S/C2H7NO3.ClH/c3-1-2(4,5)6;/h4-6H,1,3H2;1H. The zero-order chi connectivity index (χ0) is 5.21. The molecule has 4 nitrogen and oxygen atoms in total. The average Bonchev–Trinajstić information content (AvgIpc) is 1.35. The number of nitrogens with two attached hydrogens (primary N) is 1. The lowest BCUT2D eigenvalue weighted by Crippen LogP contribution is -2.36. The van der Waals surface area contributed by atoms with Gasteiger partial charge in [0, 0.05) is 0 Å². The molecule has 46 valence electrons. The van der Waals surface area contributed by atoms with E-state index in [1.165, 1.54) is 0 Å². The Bertz CT molecular complexity index is 42.7. The van der Waals surface area contributed by atoms with E-state index in [0.717, 1.165) is 0 Å². The van der Waals surface area contributed by atoms with Crippen LogP contribution in [0.3, 0.4) is 0 Å². The van der Waals surface area contributed by atoms with Gasteiger partial charge in [0.2, 0.25) is 0 Å².